The molecular formula is C15H16O2. The van der Waals surface area contributed by atoms with Gasteiger partial charge in [-0.3, -0.25) is 4.79 Å². The fourth-order valence-corrected chi connectivity index (χ4v) is 2.99. The normalized spacial score (nSPS) is 30.2. The molecule has 2 aliphatic rings. The van der Waals surface area contributed by atoms with Crippen molar-refractivity contribution in [3.05, 3.63) is 42.0 Å². The second-order valence-corrected chi connectivity index (χ2v) is 5.30. The Morgan fingerprint density at radius 3 is 2.71 bits per heavy atom. The predicted molar refractivity (Wildman–Crippen MR) is 65.6 cm³/mol. The first kappa shape index (κ1) is 10.6. The third kappa shape index (κ3) is 1.68. The number of ether oxygens (including phenoxy) is 1. The monoisotopic (exact) mass is 228 g/mol. The van der Waals surface area contributed by atoms with Crippen LogP contribution in [0.25, 0.3) is 0 Å². The highest BCUT2D eigenvalue weighted by molar-refractivity contribution is 5.80. The van der Waals surface area contributed by atoms with Crippen LogP contribution in [0.2, 0.25) is 0 Å². The van der Waals surface area contributed by atoms with Gasteiger partial charge in [-0.1, -0.05) is 29.8 Å². The molecule has 2 heteroatoms. The van der Waals surface area contributed by atoms with Crippen molar-refractivity contribution in [3.8, 4) is 5.75 Å². The van der Waals surface area contributed by atoms with Gasteiger partial charge < -0.3 is 4.74 Å². The van der Waals surface area contributed by atoms with E-state index in [9.17, 15) is 4.79 Å². The van der Waals surface area contributed by atoms with Crippen LogP contribution in [0, 0.1) is 11.3 Å². The third-order valence-electron chi connectivity index (χ3n) is 4.12. The topological polar surface area (TPSA) is 26.3 Å². The Bertz CT molecular complexity index is 475. The van der Waals surface area contributed by atoms with Crippen LogP contribution in [0.3, 0.4) is 0 Å². The van der Waals surface area contributed by atoms with Crippen molar-refractivity contribution in [3.63, 3.8) is 0 Å². The lowest BCUT2D eigenvalue weighted by atomic mass is 9.77. The number of hydrogen-bond acceptors (Lipinski definition) is 2. The van der Waals surface area contributed by atoms with E-state index in [0.717, 1.165) is 19.3 Å². The molecule has 0 radical (unpaired) electrons. The molecule has 1 aromatic carbocycles. The lowest BCUT2D eigenvalue weighted by Crippen LogP contribution is -2.35. The lowest BCUT2D eigenvalue weighted by Gasteiger charge is -2.29. The van der Waals surface area contributed by atoms with Crippen LogP contribution in [0.15, 0.2) is 42.0 Å². The molecule has 1 saturated carbocycles. The summed E-state index contributed by atoms with van der Waals surface area (Å²) in [5.41, 5.74) is 1.13. The van der Waals surface area contributed by atoms with Gasteiger partial charge in [-0.15, -0.1) is 0 Å². The van der Waals surface area contributed by atoms with E-state index in [1.807, 2.05) is 37.3 Å². The second-order valence-electron chi connectivity index (χ2n) is 5.30. The van der Waals surface area contributed by atoms with Crippen molar-refractivity contribution in [2.24, 2.45) is 11.3 Å². The molecule has 2 bridgehead atoms. The first-order valence-corrected chi connectivity index (χ1v) is 6.14. The average Bonchev–Trinajstić information content (AvgIpc) is 2.90. The predicted octanol–water partition coefficient (Wildman–Crippen LogP) is 3.34. The van der Waals surface area contributed by atoms with Crippen LogP contribution in [-0.2, 0) is 4.79 Å². The van der Waals surface area contributed by atoms with E-state index in [-0.39, 0.29) is 11.4 Å². The van der Waals surface area contributed by atoms with Crippen molar-refractivity contribution in [2.45, 2.75) is 26.2 Å². The van der Waals surface area contributed by atoms with Gasteiger partial charge in [0.1, 0.15) is 5.75 Å². The van der Waals surface area contributed by atoms with Crippen LogP contribution < -0.4 is 4.74 Å². The molecule has 0 amide bonds. The number of esters is 1. The zero-order valence-corrected chi connectivity index (χ0v) is 9.98. The Kier molecular flexibility index (Phi) is 2.32. The number of para-hydroxylation sites is 1. The summed E-state index contributed by atoms with van der Waals surface area (Å²) in [6, 6.07) is 9.34. The highest BCUT2D eigenvalue weighted by Gasteiger charge is 2.50. The molecule has 17 heavy (non-hydrogen) atoms. The quantitative estimate of drug-likeness (QED) is 0.441. The number of benzene rings is 1. The lowest BCUT2D eigenvalue weighted by molar-refractivity contribution is -0.147. The number of hydrogen-bond donors (Lipinski definition) is 0. The molecular weight excluding hydrogens is 212 g/mol. The van der Waals surface area contributed by atoms with Crippen LogP contribution in [0.1, 0.15) is 26.2 Å². The molecule has 3 rings (SSSR count). The van der Waals surface area contributed by atoms with E-state index in [4.69, 9.17) is 4.74 Å². The highest BCUT2D eigenvalue weighted by Crippen LogP contribution is 2.53. The van der Waals surface area contributed by atoms with Gasteiger partial charge >= 0.3 is 5.97 Å². The maximum Gasteiger partial charge on any atom is 0.317 e. The van der Waals surface area contributed by atoms with Gasteiger partial charge in [0, 0.05) is 0 Å². The van der Waals surface area contributed by atoms with E-state index >= 15 is 0 Å². The van der Waals surface area contributed by atoms with E-state index in [1.165, 1.54) is 5.57 Å². The largest absolute Gasteiger partial charge is 0.426 e. The number of rotatable bonds is 2. The van der Waals surface area contributed by atoms with Crippen molar-refractivity contribution < 1.29 is 9.53 Å². The fourth-order valence-electron chi connectivity index (χ4n) is 2.99. The Balaban J connectivity index is 1.77. The van der Waals surface area contributed by atoms with Gasteiger partial charge in [-0.25, -0.2) is 0 Å². The Morgan fingerprint density at radius 1 is 1.35 bits per heavy atom. The summed E-state index contributed by atoms with van der Waals surface area (Å²) in [5, 5.41) is 0. The van der Waals surface area contributed by atoms with Gasteiger partial charge in [-0.2, -0.15) is 0 Å². The van der Waals surface area contributed by atoms with Crippen LogP contribution in [0.5, 0.6) is 5.75 Å². The maximum absolute atomic E-state index is 12.3. The van der Waals surface area contributed by atoms with E-state index in [1.54, 1.807) is 0 Å². The zero-order chi connectivity index (χ0) is 11.9. The van der Waals surface area contributed by atoms with Crippen LogP contribution in [0.4, 0.5) is 0 Å². The molecule has 2 nitrogen and oxygen atoms in total. The molecule has 1 aromatic rings. The first-order valence-electron chi connectivity index (χ1n) is 6.14. The molecule has 0 N–H and O–H groups in total. The molecule has 2 atom stereocenters. The van der Waals surface area contributed by atoms with E-state index in [2.05, 4.69) is 6.08 Å². The minimum absolute atomic E-state index is 0.0724. The number of fused-ring (bicyclic) bond motifs is 2. The van der Waals surface area contributed by atoms with Gasteiger partial charge in [0.2, 0.25) is 0 Å². The summed E-state index contributed by atoms with van der Waals surface area (Å²) in [7, 11) is 0. The molecule has 1 fully saturated rings. The highest BCUT2D eigenvalue weighted by atomic mass is 16.5. The minimum Gasteiger partial charge on any atom is -0.426 e. The van der Waals surface area contributed by atoms with Crippen molar-refractivity contribution in [2.75, 3.05) is 0 Å². The molecule has 0 spiro atoms. The third-order valence-corrected chi connectivity index (χ3v) is 4.12. The average molecular weight is 228 g/mol. The summed E-state index contributed by atoms with van der Waals surface area (Å²) >= 11 is 0. The number of allylic oxidation sites excluding steroid dienone is 2. The molecule has 2 unspecified atom stereocenters. The Morgan fingerprint density at radius 2 is 2.12 bits per heavy atom. The summed E-state index contributed by atoms with van der Waals surface area (Å²) in [5.74, 6) is 1.03. The van der Waals surface area contributed by atoms with E-state index in [0.29, 0.717) is 11.7 Å². The molecule has 88 valence electrons. The molecule has 0 heterocycles. The Labute approximate surface area is 101 Å². The van der Waals surface area contributed by atoms with Gasteiger partial charge in [0.15, 0.2) is 0 Å². The number of carbonyl (C=O) groups is 1. The van der Waals surface area contributed by atoms with Crippen LogP contribution >= 0.6 is 0 Å². The first-order chi connectivity index (χ1) is 8.18. The maximum atomic E-state index is 12.3. The summed E-state index contributed by atoms with van der Waals surface area (Å²) in [6.07, 6.45) is 5.28. The van der Waals surface area contributed by atoms with Gasteiger partial charge in [0.25, 0.3) is 0 Å². The summed E-state index contributed by atoms with van der Waals surface area (Å²) in [4.78, 5) is 12.3. The Hall–Kier alpha value is -1.57. The van der Waals surface area contributed by atoms with E-state index < -0.39 is 0 Å². The SMILES string of the molecule is CC1(C(=O)Oc2ccccc2)CC2=CCC1C2. The second kappa shape index (κ2) is 3.73. The number of carbonyl (C=O) groups excluding carboxylic acids is 1. The van der Waals surface area contributed by atoms with Gasteiger partial charge in [0.05, 0.1) is 5.41 Å². The van der Waals surface area contributed by atoms with Crippen molar-refractivity contribution in [1.29, 1.82) is 0 Å². The van der Waals surface area contributed by atoms with Gasteiger partial charge in [-0.05, 0) is 44.2 Å². The van der Waals surface area contributed by atoms with Crippen molar-refractivity contribution in [1.82, 2.24) is 0 Å². The smallest absolute Gasteiger partial charge is 0.317 e. The molecule has 2 aliphatic carbocycles. The fraction of sp³-hybridized carbons (Fsp3) is 0.400. The minimum atomic E-state index is -0.306. The summed E-state index contributed by atoms with van der Waals surface area (Å²) < 4.78 is 5.49. The zero-order valence-electron chi connectivity index (χ0n) is 9.98. The molecule has 0 saturated heterocycles. The van der Waals surface area contributed by atoms with Crippen LogP contribution in [-0.4, -0.2) is 5.97 Å². The standard InChI is InChI=1S/C15H16O2/c1-15(10-11-7-8-12(15)9-11)14(16)17-13-5-3-2-4-6-13/h2-7,12H,8-10H2,1H3. The summed E-state index contributed by atoms with van der Waals surface area (Å²) in [6.45, 7) is 2.04. The molecule has 0 aliphatic heterocycles. The van der Waals surface area contributed by atoms with Crippen molar-refractivity contribution >= 4 is 5.97 Å². The molecule has 0 aromatic heterocycles.